The van der Waals surface area contributed by atoms with Gasteiger partial charge in [0.25, 0.3) is 5.78 Å². The number of carbonyl (C=O) groups is 1. The molecule has 0 atom stereocenters. The molecule has 70 valence electrons. The molecule has 0 unspecified atom stereocenters. The van der Waals surface area contributed by atoms with Crippen molar-refractivity contribution in [3.63, 3.8) is 0 Å². The van der Waals surface area contributed by atoms with Gasteiger partial charge in [0.1, 0.15) is 6.33 Å². The van der Waals surface area contributed by atoms with Crippen molar-refractivity contribution in [2.75, 3.05) is 6.61 Å². The quantitative estimate of drug-likeness (QED) is 0.540. The molecule has 3 heterocycles. The summed E-state index contributed by atoms with van der Waals surface area (Å²) in [5, 5.41) is 3.92. The van der Waals surface area contributed by atoms with Crippen LogP contribution in [-0.2, 0) is 11.2 Å². The van der Waals surface area contributed by atoms with Gasteiger partial charge in [-0.2, -0.15) is 14.6 Å². The fourth-order valence-corrected chi connectivity index (χ4v) is 1.54. The summed E-state index contributed by atoms with van der Waals surface area (Å²) in [7, 11) is 0. The topological polar surface area (TPSA) is 69.4 Å². The monoisotopic (exact) mass is 190 g/mol. The van der Waals surface area contributed by atoms with Crippen LogP contribution in [0.5, 0.6) is 0 Å². The molecule has 2 aromatic rings. The third kappa shape index (κ3) is 0.847. The fourth-order valence-electron chi connectivity index (χ4n) is 1.54. The summed E-state index contributed by atoms with van der Waals surface area (Å²) >= 11 is 0. The van der Waals surface area contributed by atoms with Crippen LogP contribution in [0, 0.1) is 0 Å². The zero-order chi connectivity index (χ0) is 9.54. The molecule has 0 amide bonds. The van der Waals surface area contributed by atoms with Crippen molar-refractivity contribution < 1.29 is 9.53 Å². The molecule has 0 N–H and O–H groups in total. The average Bonchev–Trinajstić information content (AvgIpc) is 2.65. The molecule has 6 nitrogen and oxygen atoms in total. The molecule has 0 spiro atoms. The molecule has 6 heteroatoms. The van der Waals surface area contributed by atoms with E-state index in [0.717, 1.165) is 5.56 Å². The molecule has 0 aromatic carbocycles. The number of carbonyl (C=O) groups excluding carboxylic acids is 1. The molecule has 0 aliphatic carbocycles. The Morgan fingerprint density at radius 2 is 2.36 bits per heavy atom. The number of hydrogen-bond acceptors (Lipinski definition) is 5. The first-order chi connectivity index (χ1) is 6.86. The van der Waals surface area contributed by atoms with Crippen LogP contribution in [0.25, 0.3) is 5.78 Å². The van der Waals surface area contributed by atoms with Gasteiger partial charge < -0.3 is 4.74 Å². The second kappa shape index (κ2) is 2.50. The zero-order valence-corrected chi connectivity index (χ0v) is 7.17. The molecule has 14 heavy (non-hydrogen) atoms. The summed E-state index contributed by atoms with van der Waals surface area (Å²) in [5.74, 6) is 0.0618. The zero-order valence-electron chi connectivity index (χ0n) is 7.17. The maximum atomic E-state index is 11.5. The van der Waals surface area contributed by atoms with Crippen LogP contribution < -0.4 is 0 Å². The van der Waals surface area contributed by atoms with Crippen LogP contribution in [0.1, 0.15) is 16.1 Å². The van der Waals surface area contributed by atoms with Gasteiger partial charge in [0, 0.05) is 18.2 Å². The maximum Gasteiger partial charge on any atom is 0.357 e. The molecule has 1 aliphatic heterocycles. The summed E-state index contributed by atoms with van der Waals surface area (Å²) < 4.78 is 6.34. The van der Waals surface area contributed by atoms with Gasteiger partial charge in [-0.25, -0.2) is 9.78 Å². The third-order valence-corrected chi connectivity index (χ3v) is 2.18. The Kier molecular flexibility index (Phi) is 1.33. The van der Waals surface area contributed by atoms with E-state index >= 15 is 0 Å². The van der Waals surface area contributed by atoms with Gasteiger partial charge >= 0.3 is 5.97 Å². The van der Waals surface area contributed by atoms with Crippen molar-refractivity contribution in [1.29, 1.82) is 0 Å². The highest BCUT2D eigenvalue weighted by Crippen LogP contribution is 2.15. The first-order valence-electron chi connectivity index (χ1n) is 4.21. The van der Waals surface area contributed by atoms with E-state index in [2.05, 4.69) is 15.1 Å². The minimum Gasteiger partial charge on any atom is -0.461 e. The Bertz CT molecular complexity index is 519. The normalized spacial score (nSPS) is 15.3. The summed E-state index contributed by atoms with van der Waals surface area (Å²) in [6.07, 6.45) is 3.70. The summed E-state index contributed by atoms with van der Waals surface area (Å²) in [4.78, 5) is 19.4. The predicted octanol–water partition coefficient (Wildman–Crippen LogP) is -0.163. The SMILES string of the molecule is O=C1OCCc2cnc3ncnn3c21. The first kappa shape index (κ1) is 7.43. The molecular formula is C8H6N4O2. The Hall–Kier alpha value is -1.98. The smallest absolute Gasteiger partial charge is 0.357 e. The van der Waals surface area contributed by atoms with Gasteiger partial charge in [-0.3, -0.25) is 0 Å². The fraction of sp³-hybridized carbons (Fsp3) is 0.250. The molecule has 1 aliphatic rings. The number of esters is 1. The highest BCUT2D eigenvalue weighted by atomic mass is 16.5. The van der Waals surface area contributed by atoms with Crippen LogP contribution in [0.15, 0.2) is 12.5 Å². The Morgan fingerprint density at radius 3 is 3.29 bits per heavy atom. The van der Waals surface area contributed by atoms with E-state index in [1.807, 2.05) is 0 Å². The van der Waals surface area contributed by atoms with Gasteiger partial charge in [0.05, 0.1) is 6.61 Å². The molecule has 0 bridgehead atoms. The van der Waals surface area contributed by atoms with Crippen molar-refractivity contribution in [3.05, 3.63) is 23.8 Å². The second-order valence-corrected chi connectivity index (χ2v) is 2.99. The Balaban J connectivity index is 2.41. The van der Waals surface area contributed by atoms with Crippen molar-refractivity contribution in [2.24, 2.45) is 0 Å². The maximum absolute atomic E-state index is 11.5. The summed E-state index contributed by atoms with van der Waals surface area (Å²) in [6, 6.07) is 0. The van der Waals surface area contributed by atoms with E-state index in [4.69, 9.17) is 4.74 Å². The van der Waals surface area contributed by atoms with Crippen molar-refractivity contribution in [1.82, 2.24) is 19.6 Å². The minimum atomic E-state index is -0.357. The van der Waals surface area contributed by atoms with Crippen molar-refractivity contribution >= 4 is 11.7 Å². The van der Waals surface area contributed by atoms with Gasteiger partial charge in [0.2, 0.25) is 0 Å². The lowest BCUT2D eigenvalue weighted by molar-refractivity contribution is 0.0467. The molecule has 0 saturated carbocycles. The van der Waals surface area contributed by atoms with E-state index < -0.39 is 0 Å². The predicted molar refractivity (Wildman–Crippen MR) is 44.8 cm³/mol. The number of aromatic nitrogens is 4. The number of nitrogens with zero attached hydrogens (tertiary/aromatic N) is 4. The van der Waals surface area contributed by atoms with E-state index in [1.165, 1.54) is 10.8 Å². The second-order valence-electron chi connectivity index (χ2n) is 2.99. The average molecular weight is 190 g/mol. The molecule has 3 rings (SSSR count). The lowest BCUT2D eigenvalue weighted by atomic mass is 10.1. The van der Waals surface area contributed by atoms with Crippen LogP contribution in [0.4, 0.5) is 0 Å². The minimum absolute atomic E-state index is 0.357. The number of ether oxygens (including phenoxy) is 1. The third-order valence-electron chi connectivity index (χ3n) is 2.18. The van der Waals surface area contributed by atoms with Crippen molar-refractivity contribution in [3.8, 4) is 0 Å². The highest BCUT2D eigenvalue weighted by molar-refractivity contribution is 5.90. The molecule has 0 radical (unpaired) electrons. The van der Waals surface area contributed by atoms with Gasteiger partial charge in [-0.1, -0.05) is 0 Å². The van der Waals surface area contributed by atoms with Crippen LogP contribution in [0.3, 0.4) is 0 Å². The number of hydrogen-bond donors (Lipinski definition) is 0. The number of fused-ring (bicyclic) bond motifs is 3. The molecular weight excluding hydrogens is 184 g/mol. The Labute approximate surface area is 78.5 Å². The van der Waals surface area contributed by atoms with Crippen LogP contribution in [-0.4, -0.2) is 32.2 Å². The van der Waals surface area contributed by atoms with E-state index in [-0.39, 0.29) is 5.97 Å². The van der Waals surface area contributed by atoms with Crippen molar-refractivity contribution in [2.45, 2.75) is 6.42 Å². The number of cyclic esters (lactones) is 1. The van der Waals surface area contributed by atoms with Crippen LogP contribution >= 0.6 is 0 Å². The molecule has 0 fully saturated rings. The largest absolute Gasteiger partial charge is 0.461 e. The Morgan fingerprint density at radius 1 is 1.43 bits per heavy atom. The van der Waals surface area contributed by atoms with Gasteiger partial charge in [0.15, 0.2) is 5.69 Å². The highest BCUT2D eigenvalue weighted by Gasteiger charge is 2.23. The summed E-state index contributed by atoms with van der Waals surface area (Å²) in [5.41, 5.74) is 1.30. The molecule has 0 saturated heterocycles. The van der Waals surface area contributed by atoms with E-state index in [9.17, 15) is 4.79 Å². The summed E-state index contributed by atoms with van der Waals surface area (Å²) in [6.45, 7) is 0.410. The lowest BCUT2D eigenvalue weighted by Gasteiger charge is -2.14. The van der Waals surface area contributed by atoms with E-state index in [1.54, 1.807) is 6.20 Å². The van der Waals surface area contributed by atoms with E-state index in [0.29, 0.717) is 24.5 Å². The lowest BCUT2D eigenvalue weighted by Crippen LogP contribution is -2.22. The first-order valence-corrected chi connectivity index (χ1v) is 4.21. The van der Waals surface area contributed by atoms with Gasteiger partial charge in [-0.15, -0.1) is 0 Å². The van der Waals surface area contributed by atoms with Gasteiger partial charge in [-0.05, 0) is 0 Å². The standard InChI is InChI=1S/C8H6N4O2/c13-7-6-5(1-2-14-7)3-9-8-10-4-11-12(6)8/h3-4H,1-2H2. The molecule has 2 aromatic heterocycles. The number of rotatable bonds is 0. The van der Waals surface area contributed by atoms with Crippen LogP contribution in [0.2, 0.25) is 0 Å².